The number of carbonyl (C=O) groups excluding carboxylic acids is 1. The van der Waals surface area contributed by atoms with Crippen LogP contribution in [0.5, 0.6) is 0 Å². The fourth-order valence-corrected chi connectivity index (χ4v) is 3.42. The maximum absolute atomic E-state index is 12.5. The average molecular weight is 347 g/mol. The average Bonchev–Trinajstić information content (AvgIpc) is 2.58. The molecule has 5 nitrogen and oxygen atoms in total. The summed E-state index contributed by atoms with van der Waals surface area (Å²) in [7, 11) is 8.18. The summed E-state index contributed by atoms with van der Waals surface area (Å²) >= 11 is 0. The molecule has 1 fully saturated rings. The van der Waals surface area contributed by atoms with Crippen LogP contribution in [0.3, 0.4) is 0 Å². The normalized spacial score (nSPS) is 17.5. The highest BCUT2D eigenvalue weighted by atomic mass is 16.2. The lowest BCUT2D eigenvalue weighted by atomic mass is 9.97. The van der Waals surface area contributed by atoms with E-state index in [1.54, 1.807) is 0 Å². The van der Waals surface area contributed by atoms with Gasteiger partial charge in [-0.2, -0.15) is 0 Å². The quantitative estimate of drug-likeness (QED) is 0.860. The van der Waals surface area contributed by atoms with Crippen LogP contribution in [0.1, 0.15) is 30.0 Å². The van der Waals surface area contributed by atoms with Crippen LogP contribution in [0, 0.1) is 12.8 Å². The number of hydrogen-bond acceptors (Lipinski definition) is 3. The molecule has 0 radical (unpaired) electrons. The Hall–Kier alpha value is -1.59. The molecule has 1 aromatic carbocycles. The van der Waals surface area contributed by atoms with Gasteiger partial charge in [0, 0.05) is 20.1 Å². The number of piperidine rings is 1. The van der Waals surface area contributed by atoms with E-state index >= 15 is 0 Å². The van der Waals surface area contributed by atoms with E-state index in [2.05, 4.69) is 67.4 Å². The first-order valence-electron chi connectivity index (χ1n) is 9.27. The highest BCUT2D eigenvalue weighted by Crippen LogP contribution is 2.19. The van der Waals surface area contributed by atoms with Crippen LogP contribution >= 0.6 is 0 Å². The zero-order chi connectivity index (χ0) is 18.4. The van der Waals surface area contributed by atoms with Crippen molar-refractivity contribution in [3.63, 3.8) is 0 Å². The van der Waals surface area contributed by atoms with Gasteiger partial charge in [0.05, 0.1) is 6.04 Å². The van der Waals surface area contributed by atoms with Gasteiger partial charge < -0.3 is 20.0 Å². The van der Waals surface area contributed by atoms with Crippen molar-refractivity contribution in [2.45, 2.75) is 25.8 Å². The number of likely N-dealkylation sites (N-methyl/N-ethyl adjacent to an activating group) is 1. The minimum Gasteiger partial charge on any atom is -0.336 e. The number of rotatable bonds is 6. The van der Waals surface area contributed by atoms with E-state index in [0.29, 0.717) is 12.5 Å². The van der Waals surface area contributed by atoms with Crippen LogP contribution in [0.15, 0.2) is 24.3 Å². The molecule has 1 N–H and O–H groups in total. The third kappa shape index (κ3) is 6.01. The third-order valence-corrected chi connectivity index (χ3v) is 5.25. The van der Waals surface area contributed by atoms with Crippen molar-refractivity contribution < 1.29 is 4.79 Å². The summed E-state index contributed by atoms with van der Waals surface area (Å²) in [4.78, 5) is 18.8. The Kier molecular flexibility index (Phi) is 7.26. The van der Waals surface area contributed by atoms with Gasteiger partial charge in [-0.3, -0.25) is 0 Å². The van der Waals surface area contributed by atoms with Gasteiger partial charge in [-0.05, 0) is 65.5 Å². The largest absolute Gasteiger partial charge is 0.336 e. The van der Waals surface area contributed by atoms with Gasteiger partial charge in [0.25, 0.3) is 0 Å². The second-order valence-corrected chi connectivity index (χ2v) is 7.70. The lowest BCUT2D eigenvalue weighted by molar-refractivity contribution is 0.168. The molecule has 1 aromatic rings. The fourth-order valence-electron chi connectivity index (χ4n) is 3.42. The summed E-state index contributed by atoms with van der Waals surface area (Å²) in [5, 5.41) is 3.11. The molecule has 1 aliphatic heterocycles. The van der Waals surface area contributed by atoms with Crippen LogP contribution in [0.25, 0.3) is 0 Å². The summed E-state index contributed by atoms with van der Waals surface area (Å²) < 4.78 is 0. The first-order chi connectivity index (χ1) is 11.9. The maximum Gasteiger partial charge on any atom is 0.317 e. The number of urea groups is 1. The van der Waals surface area contributed by atoms with Crippen molar-refractivity contribution in [3.8, 4) is 0 Å². The predicted octanol–water partition coefficient (Wildman–Crippen LogP) is 2.58. The van der Waals surface area contributed by atoms with E-state index in [-0.39, 0.29) is 12.1 Å². The summed E-state index contributed by atoms with van der Waals surface area (Å²) in [6, 6.07) is 8.75. The fraction of sp³-hybridized carbons (Fsp3) is 0.650. The van der Waals surface area contributed by atoms with Crippen LogP contribution in [0.2, 0.25) is 0 Å². The number of nitrogens with zero attached hydrogens (tertiary/aromatic N) is 3. The van der Waals surface area contributed by atoms with Gasteiger partial charge >= 0.3 is 6.03 Å². The number of benzene rings is 1. The zero-order valence-electron chi connectivity index (χ0n) is 16.5. The van der Waals surface area contributed by atoms with Gasteiger partial charge in [0.2, 0.25) is 0 Å². The second kappa shape index (κ2) is 9.20. The molecule has 2 rings (SSSR count). The number of aryl methyl sites for hydroxylation is 1. The minimum atomic E-state index is 0.0258. The highest BCUT2D eigenvalue weighted by molar-refractivity contribution is 5.73. The number of likely N-dealkylation sites (tertiary alicyclic amines) is 1. The van der Waals surface area contributed by atoms with E-state index in [4.69, 9.17) is 0 Å². The smallest absolute Gasteiger partial charge is 0.317 e. The molecule has 1 heterocycles. The Balaban J connectivity index is 1.84. The maximum atomic E-state index is 12.5. The molecular weight excluding hydrogens is 312 g/mol. The summed E-state index contributed by atoms with van der Waals surface area (Å²) in [6.45, 7) is 5.82. The topological polar surface area (TPSA) is 38.8 Å². The van der Waals surface area contributed by atoms with Gasteiger partial charge in [0.1, 0.15) is 0 Å². The lowest BCUT2D eigenvalue weighted by Crippen LogP contribution is -2.44. The molecule has 2 amide bonds. The molecular formula is C20H34N4O. The predicted molar refractivity (Wildman–Crippen MR) is 104 cm³/mol. The van der Waals surface area contributed by atoms with Crippen molar-refractivity contribution in [3.05, 3.63) is 35.4 Å². The molecule has 0 aromatic heterocycles. The zero-order valence-corrected chi connectivity index (χ0v) is 16.5. The van der Waals surface area contributed by atoms with Crippen molar-refractivity contribution in [1.82, 2.24) is 20.0 Å². The molecule has 0 aliphatic carbocycles. The van der Waals surface area contributed by atoms with E-state index in [0.717, 1.165) is 19.6 Å². The van der Waals surface area contributed by atoms with E-state index in [9.17, 15) is 4.79 Å². The summed E-state index contributed by atoms with van der Waals surface area (Å²) in [5.74, 6) is 0.619. The van der Waals surface area contributed by atoms with Gasteiger partial charge in [0.15, 0.2) is 0 Å². The number of carbonyl (C=O) groups is 1. The lowest BCUT2D eigenvalue weighted by Gasteiger charge is -2.32. The summed E-state index contributed by atoms with van der Waals surface area (Å²) in [6.07, 6.45) is 2.36. The van der Waals surface area contributed by atoms with Crippen LogP contribution in [-0.2, 0) is 0 Å². The van der Waals surface area contributed by atoms with Gasteiger partial charge in [-0.1, -0.05) is 29.8 Å². The number of hydrogen-bond donors (Lipinski definition) is 1. The van der Waals surface area contributed by atoms with Crippen molar-refractivity contribution in [2.75, 3.05) is 54.4 Å². The molecule has 25 heavy (non-hydrogen) atoms. The Labute approximate surface area is 153 Å². The van der Waals surface area contributed by atoms with Crippen molar-refractivity contribution >= 4 is 6.03 Å². The monoisotopic (exact) mass is 346 g/mol. The van der Waals surface area contributed by atoms with Crippen molar-refractivity contribution in [2.24, 2.45) is 5.92 Å². The number of amides is 2. The van der Waals surface area contributed by atoms with E-state index in [1.165, 1.54) is 24.0 Å². The highest BCUT2D eigenvalue weighted by Gasteiger charge is 2.21. The van der Waals surface area contributed by atoms with Crippen LogP contribution < -0.4 is 5.32 Å². The molecule has 0 saturated carbocycles. The second-order valence-electron chi connectivity index (χ2n) is 7.70. The SMILES string of the molecule is Cc1ccc(C(CNC(=O)N(C)CC2CCN(C)CC2)N(C)C)cc1. The molecule has 1 atom stereocenters. The van der Waals surface area contributed by atoms with Crippen LogP contribution in [0.4, 0.5) is 4.79 Å². The molecule has 0 bridgehead atoms. The van der Waals surface area contributed by atoms with Crippen LogP contribution in [-0.4, -0.2) is 75.1 Å². The van der Waals surface area contributed by atoms with Crippen molar-refractivity contribution in [1.29, 1.82) is 0 Å². The first kappa shape index (κ1) is 19.7. The molecule has 1 saturated heterocycles. The number of nitrogens with one attached hydrogen (secondary N) is 1. The van der Waals surface area contributed by atoms with Gasteiger partial charge in [-0.15, -0.1) is 0 Å². The Morgan fingerprint density at radius 2 is 1.80 bits per heavy atom. The summed E-state index contributed by atoms with van der Waals surface area (Å²) in [5.41, 5.74) is 2.48. The first-order valence-corrected chi connectivity index (χ1v) is 9.27. The third-order valence-electron chi connectivity index (χ3n) is 5.25. The molecule has 1 aliphatic rings. The van der Waals surface area contributed by atoms with E-state index < -0.39 is 0 Å². The Bertz CT molecular complexity index is 535. The Morgan fingerprint density at radius 3 is 2.36 bits per heavy atom. The van der Waals surface area contributed by atoms with Gasteiger partial charge in [-0.25, -0.2) is 4.79 Å². The standard InChI is InChI=1S/C20H34N4O/c1-16-6-8-18(9-7-16)19(22(2)3)14-21-20(25)24(5)15-17-10-12-23(4)13-11-17/h6-9,17,19H,10-15H2,1-5H3,(H,21,25). The molecule has 140 valence electrons. The molecule has 0 spiro atoms. The van der Waals surface area contributed by atoms with E-state index in [1.807, 2.05) is 11.9 Å². The minimum absolute atomic E-state index is 0.0258. The molecule has 5 heteroatoms. The Morgan fingerprint density at radius 1 is 1.20 bits per heavy atom. The molecule has 1 unspecified atom stereocenters.